The molecule has 1 unspecified atom stereocenters. The number of carbonyl (C=O) groups excluding carboxylic acids is 2. The number of nitrogens with zero attached hydrogens (tertiary/aromatic N) is 4. The second-order valence-corrected chi connectivity index (χ2v) is 11.2. The van der Waals surface area contributed by atoms with Crippen molar-refractivity contribution in [1.29, 1.82) is 0 Å². The number of hydrogen-bond donors (Lipinski definition) is 6. The van der Waals surface area contributed by atoms with Gasteiger partial charge < -0.3 is 35.4 Å². The number of carbonyl (C=O) groups is 2. The maximum atomic E-state index is 12.0. The van der Waals surface area contributed by atoms with Gasteiger partial charge in [0, 0.05) is 0 Å². The minimum absolute atomic E-state index is 0.0124. The molecule has 0 aromatic carbocycles. The number of anilines is 1. The summed E-state index contributed by atoms with van der Waals surface area (Å²) in [6, 6.07) is 0. The molecule has 21 heteroatoms. The topological polar surface area (TPSA) is 267 Å². The Kier molecular flexibility index (Phi) is 8.84. The number of phosphoric ester groups is 1. The first-order chi connectivity index (χ1) is 16.2. The van der Waals surface area contributed by atoms with Gasteiger partial charge in [-0.3, -0.25) is 18.7 Å². The smallest absolute Gasteiger partial charge is 0.387 e. The number of Topliss-reactive ketones (excluding diaryl/α,β-unsaturated/α-hetero) is 2. The SMILES string of the molecule is Nc1ncnc2c1nc(SCC(=O)C(=O)CBr)n2[C@@H]1O[C@H](COP(=O)(O)OP(=O)(O)O)[C@@H](O)[C@H]1O. The van der Waals surface area contributed by atoms with Crippen molar-refractivity contribution in [2.75, 3.05) is 23.4 Å². The summed E-state index contributed by atoms with van der Waals surface area (Å²) in [4.78, 5) is 62.4. The molecule has 0 spiro atoms. The monoisotopic (exact) mass is 621 g/mol. The lowest BCUT2D eigenvalue weighted by atomic mass is 10.1. The van der Waals surface area contributed by atoms with E-state index in [1.807, 2.05) is 0 Å². The predicted octanol–water partition coefficient (Wildman–Crippen LogP) is -1.12. The fourth-order valence-corrected chi connectivity index (χ4v) is 5.75. The number of nitrogen functional groups attached to an aromatic ring is 1. The van der Waals surface area contributed by atoms with Crippen LogP contribution in [0.2, 0.25) is 0 Å². The zero-order valence-electron chi connectivity index (χ0n) is 17.1. The second kappa shape index (κ2) is 11.0. The Bertz CT molecular complexity index is 1230. The molecule has 2 aromatic heterocycles. The Morgan fingerprint density at radius 1 is 1.20 bits per heavy atom. The molecule has 5 atom stereocenters. The molecule has 3 rings (SSSR count). The molecular weight excluding hydrogens is 604 g/mol. The lowest BCUT2D eigenvalue weighted by Gasteiger charge is -2.19. The average molecular weight is 622 g/mol. The molecule has 0 amide bonds. The number of nitrogens with two attached hydrogens (primary N) is 1. The molecule has 0 bridgehead atoms. The molecule has 194 valence electrons. The zero-order chi connectivity index (χ0) is 26.1. The van der Waals surface area contributed by atoms with Gasteiger partial charge in [0.1, 0.15) is 24.6 Å². The first kappa shape index (κ1) is 28.2. The highest BCUT2D eigenvalue weighted by molar-refractivity contribution is 9.09. The minimum atomic E-state index is -5.38. The summed E-state index contributed by atoms with van der Waals surface area (Å²) in [6.07, 6.45) is -5.26. The van der Waals surface area contributed by atoms with Crippen LogP contribution in [0.4, 0.5) is 5.82 Å². The van der Waals surface area contributed by atoms with E-state index in [2.05, 4.69) is 39.7 Å². The van der Waals surface area contributed by atoms with E-state index in [-0.39, 0.29) is 33.2 Å². The summed E-state index contributed by atoms with van der Waals surface area (Å²) in [6.45, 7) is -0.924. The van der Waals surface area contributed by atoms with Gasteiger partial charge in [-0.15, -0.1) is 0 Å². The highest BCUT2D eigenvalue weighted by atomic mass is 79.9. The van der Waals surface area contributed by atoms with Crippen LogP contribution in [0.5, 0.6) is 0 Å². The van der Waals surface area contributed by atoms with Crippen molar-refractivity contribution < 1.29 is 57.2 Å². The van der Waals surface area contributed by atoms with Crippen LogP contribution in [0.15, 0.2) is 11.5 Å². The van der Waals surface area contributed by atoms with E-state index in [0.29, 0.717) is 0 Å². The predicted molar refractivity (Wildman–Crippen MR) is 119 cm³/mol. The summed E-state index contributed by atoms with van der Waals surface area (Å²) in [5.74, 6) is -1.81. The molecule has 1 aliphatic rings. The number of ketones is 2. The van der Waals surface area contributed by atoms with Gasteiger partial charge in [-0.25, -0.2) is 24.1 Å². The maximum absolute atomic E-state index is 12.0. The van der Waals surface area contributed by atoms with E-state index in [1.54, 1.807) is 0 Å². The number of thioether (sulfide) groups is 1. The molecule has 3 heterocycles. The van der Waals surface area contributed by atoms with Crippen LogP contribution in [0, 0.1) is 0 Å². The fourth-order valence-electron chi connectivity index (χ4n) is 2.93. The molecule has 1 aliphatic heterocycles. The van der Waals surface area contributed by atoms with E-state index in [9.17, 15) is 33.8 Å². The Labute approximate surface area is 208 Å². The van der Waals surface area contributed by atoms with Gasteiger partial charge in [-0.2, -0.15) is 4.31 Å². The largest absolute Gasteiger partial charge is 0.481 e. The van der Waals surface area contributed by atoms with Crippen molar-refractivity contribution in [3.05, 3.63) is 6.33 Å². The maximum Gasteiger partial charge on any atom is 0.481 e. The highest BCUT2D eigenvalue weighted by Crippen LogP contribution is 2.57. The minimum Gasteiger partial charge on any atom is -0.387 e. The summed E-state index contributed by atoms with van der Waals surface area (Å²) < 4.78 is 37.3. The summed E-state index contributed by atoms with van der Waals surface area (Å²) in [5.41, 5.74) is 5.93. The quantitative estimate of drug-likeness (QED) is 0.0750. The fraction of sp³-hybridized carbons (Fsp3) is 0.500. The molecule has 1 fully saturated rings. The van der Waals surface area contributed by atoms with Crippen LogP contribution < -0.4 is 5.73 Å². The zero-order valence-corrected chi connectivity index (χ0v) is 21.3. The van der Waals surface area contributed by atoms with E-state index in [4.69, 9.17) is 20.3 Å². The van der Waals surface area contributed by atoms with Crippen LogP contribution >= 0.6 is 43.3 Å². The van der Waals surface area contributed by atoms with Crippen molar-refractivity contribution in [2.24, 2.45) is 0 Å². The number of ether oxygens (including phenoxy) is 1. The molecule has 17 nitrogen and oxygen atoms in total. The molecule has 35 heavy (non-hydrogen) atoms. The van der Waals surface area contributed by atoms with Crippen LogP contribution in [0.25, 0.3) is 11.2 Å². The van der Waals surface area contributed by atoms with Gasteiger partial charge in [-0.05, 0) is 0 Å². The lowest BCUT2D eigenvalue weighted by molar-refractivity contribution is -0.133. The molecule has 0 radical (unpaired) electrons. The summed E-state index contributed by atoms with van der Waals surface area (Å²) in [5, 5.41) is 20.8. The van der Waals surface area contributed by atoms with Gasteiger partial charge >= 0.3 is 15.6 Å². The van der Waals surface area contributed by atoms with Gasteiger partial charge in [0.05, 0.1) is 17.7 Å². The van der Waals surface area contributed by atoms with E-state index in [0.717, 1.165) is 18.1 Å². The molecule has 7 N–H and O–H groups in total. The standard InChI is InChI=1S/C14H18BrN5O12P2S/c15-1-5(21)6(22)3-35-14-19-8-11(16)17-4-18-12(8)20(14)13-10(24)9(23)7(31-13)2-30-34(28,29)32-33(25,26)27/h4,7,9-10,13,23-24H,1-3H2,(H,28,29)(H2,16,17,18)(H2,25,26,27)/t7-,9-,10-,13-/m1/s1. The third-order valence-corrected chi connectivity index (χ3v) is 8.05. The number of rotatable bonds is 11. The number of hydrogen-bond acceptors (Lipinski definition) is 14. The second-order valence-electron chi connectivity index (χ2n) is 6.85. The summed E-state index contributed by atoms with van der Waals surface area (Å²) in [7, 11) is -10.6. The molecular formula is C14H18BrN5O12P2S. The number of fused-ring (bicyclic) bond motifs is 1. The van der Waals surface area contributed by atoms with Gasteiger partial charge in [0.2, 0.25) is 11.6 Å². The highest BCUT2D eigenvalue weighted by Gasteiger charge is 2.47. The molecule has 1 saturated heterocycles. The van der Waals surface area contributed by atoms with Crippen molar-refractivity contribution in [2.45, 2.75) is 29.7 Å². The van der Waals surface area contributed by atoms with Crippen LogP contribution in [0.1, 0.15) is 6.23 Å². The number of imidazole rings is 1. The van der Waals surface area contributed by atoms with Crippen molar-refractivity contribution in [3.63, 3.8) is 0 Å². The number of halogens is 1. The van der Waals surface area contributed by atoms with E-state index < -0.39 is 58.4 Å². The summed E-state index contributed by atoms with van der Waals surface area (Å²) >= 11 is 3.69. The first-order valence-electron chi connectivity index (χ1n) is 9.23. The average Bonchev–Trinajstić information content (AvgIpc) is 3.26. The number of phosphoric acid groups is 2. The normalized spacial score (nSPS) is 24.5. The number of aliphatic hydroxyl groups is 2. The number of aliphatic hydroxyl groups excluding tert-OH is 2. The Balaban J connectivity index is 1.87. The third kappa shape index (κ3) is 6.71. The van der Waals surface area contributed by atoms with Crippen LogP contribution in [0.3, 0.4) is 0 Å². The van der Waals surface area contributed by atoms with E-state index >= 15 is 0 Å². The van der Waals surface area contributed by atoms with E-state index in [1.165, 1.54) is 4.57 Å². The van der Waals surface area contributed by atoms with Crippen LogP contribution in [-0.4, -0.2) is 92.0 Å². The molecule has 0 aliphatic carbocycles. The van der Waals surface area contributed by atoms with Crippen molar-refractivity contribution in [3.8, 4) is 0 Å². The van der Waals surface area contributed by atoms with Gasteiger partial charge in [-0.1, -0.05) is 27.7 Å². The van der Waals surface area contributed by atoms with Crippen LogP contribution in [-0.2, 0) is 32.3 Å². The lowest BCUT2D eigenvalue weighted by Crippen LogP contribution is -2.33. The Morgan fingerprint density at radius 3 is 2.51 bits per heavy atom. The number of aromatic nitrogens is 4. The third-order valence-electron chi connectivity index (χ3n) is 4.44. The number of alkyl halides is 1. The van der Waals surface area contributed by atoms with Gasteiger partial charge in [0.15, 0.2) is 28.4 Å². The molecule has 2 aromatic rings. The Morgan fingerprint density at radius 2 is 1.89 bits per heavy atom. The van der Waals surface area contributed by atoms with Gasteiger partial charge in [0.25, 0.3) is 0 Å². The van der Waals surface area contributed by atoms with Crippen molar-refractivity contribution >= 4 is 71.9 Å². The first-order valence-corrected chi connectivity index (χ1v) is 14.4. The molecule has 0 saturated carbocycles. The van der Waals surface area contributed by atoms with Crippen molar-refractivity contribution in [1.82, 2.24) is 19.5 Å². The Hall–Kier alpha value is -1.34.